The Morgan fingerprint density at radius 3 is 2.80 bits per heavy atom. The second-order valence-corrected chi connectivity index (χ2v) is 5.73. The molecule has 0 bridgehead atoms. The van der Waals surface area contributed by atoms with E-state index in [1.807, 2.05) is 54.4 Å². The number of aromatic nitrogens is 3. The molecule has 1 aromatic carbocycles. The van der Waals surface area contributed by atoms with E-state index in [0.29, 0.717) is 24.8 Å². The maximum absolute atomic E-state index is 10.1. The Labute approximate surface area is 145 Å². The maximum Gasteiger partial charge on any atom is 0.241 e. The summed E-state index contributed by atoms with van der Waals surface area (Å²) in [6.07, 6.45) is 2.76. The predicted octanol–water partition coefficient (Wildman–Crippen LogP) is 2.00. The Hall–Kier alpha value is -2.77. The van der Waals surface area contributed by atoms with Crippen molar-refractivity contribution in [3.63, 3.8) is 0 Å². The summed E-state index contributed by atoms with van der Waals surface area (Å²) < 4.78 is 10.8. The van der Waals surface area contributed by atoms with Crippen LogP contribution in [0.15, 0.2) is 59.4 Å². The minimum atomic E-state index is -0.620. The fourth-order valence-electron chi connectivity index (χ4n) is 2.35. The Balaban J connectivity index is 1.47. The molecule has 1 N–H and O–H groups in total. The van der Waals surface area contributed by atoms with Gasteiger partial charge in [0.05, 0.1) is 6.54 Å². The third-order valence-corrected chi connectivity index (χ3v) is 3.50. The monoisotopic (exact) mass is 340 g/mol. The van der Waals surface area contributed by atoms with Crippen LogP contribution < -0.4 is 4.74 Å². The van der Waals surface area contributed by atoms with Crippen LogP contribution in [0.2, 0.25) is 0 Å². The van der Waals surface area contributed by atoms with Crippen LogP contribution in [0, 0.1) is 0 Å². The number of benzene rings is 1. The molecule has 7 nitrogen and oxygen atoms in total. The highest BCUT2D eigenvalue weighted by Gasteiger charge is 2.14. The number of likely N-dealkylation sites (N-methyl/N-ethyl adjacent to an activating group) is 1. The van der Waals surface area contributed by atoms with Crippen molar-refractivity contribution < 1.29 is 14.4 Å². The summed E-state index contributed by atoms with van der Waals surface area (Å²) in [5.74, 6) is 1.73. The highest BCUT2D eigenvalue weighted by atomic mass is 16.5. The molecule has 0 radical (unpaired) electrons. The molecule has 3 aromatic rings. The Morgan fingerprint density at radius 1 is 1.20 bits per heavy atom. The molecule has 1 unspecified atom stereocenters. The first-order valence-corrected chi connectivity index (χ1v) is 7.98. The van der Waals surface area contributed by atoms with Crippen molar-refractivity contribution in [1.29, 1.82) is 0 Å². The van der Waals surface area contributed by atoms with Gasteiger partial charge in [0.25, 0.3) is 0 Å². The number of rotatable bonds is 8. The third kappa shape index (κ3) is 5.10. The van der Waals surface area contributed by atoms with Gasteiger partial charge in [-0.1, -0.05) is 23.4 Å². The maximum atomic E-state index is 10.1. The Bertz CT molecular complexity index is 764. The molecule has 0 fully saturated rings. The number of pyridine rings is 1. The fraction of sp³-hybridized carbons (Fsp3) is 0.278. The minimum absolute atomic E-state index is 0.221. The van der Waals surface area contributed by atoms with Gasteiger partial charge < -0.3 is 14.4 Å². The van der Waals surface area contributed by atoms with E-state index in [1.54, 1.807) is 12.4 Å². The highest BCUT2D eigenvalue weighted by Crippen LogP contribution is 2.14. The summed E-state index contributed by atoms with van der Waals surface area (Å²) in [4.78, 5) is 10.3. The van der Waals surface area contributed by atoms with Crippen LogP contribution in [0.1, 0.15) is 5.89 Å². The zero-order chi connectivity index (χ0) is 17.5. The van der Waals surface area contributed by atoms with E-state index in [2.05, 4.69) is 15.1 Å². The zero-order valence-corrected chi connectivity index (χ0v) is 13.9. The van der Waals surface area contributed by atoms with Gasteiger partial charge >= 0.3 is 0 Å². The van der Waals surface area contributed by atoms with E-state index in [-0.39, 0.29) is 6.61 Å². The van der Waals surface area contributed by atoms with Crippen LogP contribution in [0.5, 0.6) is 5.75 Å². The highest BCUT2D eigenvalue weighted by molar-refractivity contribution is 5.51. The molecule has 0 aliphatic carbocycles. The average molecular weight is 340 g/mol. The van der Waals surface area contributed by atoms with E-state index in [0.717, 1.165) is 11.3 Å². The van der Waals surface area contributed by atoms with Gasteiger partial charge in [-0.2, -0.15) is 4.98 Å². The molecule has 0 saturated carbocycles. The van der Waals surface area contributed by atoms with Gasteiger partial charge in [-0.3, -0.25) is 9.88 Å². The van der Waals surface area contributed by atoms with Crippen molar-refractivity contribution in [2.75, 3.05) is 20.2 Å². The first kappa shape index (κ1) is 17.1. The lowest BCUT2D eigenvalue weighted by molar-refractivity contribution is 0.0714. The van der Waals surface area contributed by atoms with Gasteiger partial charge in [0.15, 0.2) is 0 Å². The largest absolute Gasteiger partial charge is 0.491 e. The number of nitrogens with zero attached hydrogens (tertiary/aromatic N) is 4. The standard InChI is InChI=1S/C18H20N4O3/c1-22(11-15(23)13-24-16-7-3-2-4-8-16)12-17-20-18(21-25-17)14-6-5-9-19-10-14/h2-10,15,23H,11-13H2,1H3. The predicted molar refractivity (Wildman–Crippen MR) is 91.8 cm³/mol. The minimum Gasteiger partial charge on any atom is -0.491 e. The molecule has 0 spiro atoms. The summed E-state index contributed by atoms with van der Waals surface area (Å²) in [7, 11) is 1.87. The number of hydrogen-bond donors (Lipinski definition) is 1. The molecule has 7 heteroatoms. The summed E-state index contributed by atoms with van der Waals surface area (Å²) >= 11 is 0. The van der Waals surface area contributed by atoms with E-state index >= 15 is 0 Å². The third-order valence-electron chi connectivity index (χ3n) is 3.50. The molecule has 0 saturated heterocycles. The summed E-state index contributed by atoms with van der Waals surface area (Å²) in [5, 5.41) is 14.1. The topological polar surface area (TPSA) is 84.5 Å². The van der Waals surface area contributed by atoms with Crippen LogP contribution in [0.4, 0.5) is 0 Å². The normalized spacial score (nSPS) is 12.3. The van der Waals surface area contributed by atoms with Crippen molar-refractivity contribution in [2.24, 2.45) is 0 Å². The lowest BCUT2D eigenvalue weighted by atomic mass is 10.3. The van der Waals surface area contributed by atoms with Gasteiger partial charge in [-0.05, 0) is 31.3 Å². The smallest absolute Gasteiger partial charge is 0.241 e. The quantitative estimate of drug-likeness (QED) is 0.671. The van der Waals surface area contributed by atoms with Crippen LogP contribution in [-0.4, -0.2) is 51.4 Å². The number of aliphatic hydroxyl groups excluding tert-OH is 1. The number of para-hydroxylation sites is 1. The summed E-state index contributed by atoms with van der Waals surface area (Å²) in [6, 6.07) is 13.1. The molecule has 130 valence electrons. The molecule has 3 rings (SSSR count). The molecule has 0 aliphatic rings. The van der Waals surface area contributed by atoms with E-state index < -0.39 is 6.10 Å². The Kier molecular flexibility index (Phi) is 5.71. The molecule has 1 atom stereocenters. The van der Waals surface area contributed by atoms with Gasteiger partial charge in [-0.25, -0.2) is 0 Å². The van der Waals surface area contributed by atoms with Gasteiger partial charge in [0.1, 0.15) is 18.5 Å². The molecule has 0 aliphatic heterocycles. The average Bonchev–Trinajstić information content (AvgIpc) is 3.10. The second kappa shape index (κ2) is 8.36. The molecule has 25 heavy (non-hydrogen) atoms. The second-order valence-electron chi connectivity index (χ2n) is 5.73. The zero-order valence-electron chi connectivity index (χ0n) is 13.9. The summed E-state index contributed by atoms with van der Waals surface area (Å²) in [6.45, 7) is 1.09. The molecule has 2 heterocycles. The number of hydrogen-bond acceptors (Lipinski definition) is 7. The van der Waals surface area contributed by atoms with Gasteiger partial charge in [-0.15, -0.1) is 0 Å². The first-order valence-electron chi connectivity index (χ1n) is 7.98. The Morgan fingerprint density at radius 2 is 2.04 bits per heavy atom. The van der Waals surface area contributed by atoms with Crippen molar-refractivity contribution in [1.82, 2.24) is 20.0 Å². The van der Waals surface area contributed by atoms with Gasteiger partial charge in [0, 0.05) is 24.5 Å². The number of ether oxygens (including phenoxy) is 1. The fourth-order valence-corrected chi connectivity index (χ4v) is 2.35. The molecular formula is C18H20N4O3. The van der Waals surface area contributed by atoms with Crippen LogP contribution in [0.3, 0.4) is 0 Å². The van der Waals surface area contributed by atoms with Crippen LogP contribution >= 0.6 is 0 Å². The van der Waals surface area contributed by atoms with Crippen LogP contribution in [0.25, 0.3) is 11.4 Å². The van der Waals surface area contributed by atoms with E-state index in [4.69, 9.17) is 9.26 Å². The van der Waals surface area contributed by atoms with Crippen molar-refractivity contribution in [3.05, 3.63) is 60.7 Å². The lowest BCUT2D eigenvalue weighted by Crippen LogP contribution is -2.32. The van der Waals surface area contributed by atoms with E-state index in [1.165, 1.54) is 0 Å². The SMILES string of the molecule is CN(Cc1nc(-c2cccnc2)no1)CC(O)COc1ccccc1. The van der Waals surface area contributed by atoms with Crippen molar-refractivity contribution in [3.8, 4) is 17.1 Å². The summed E-state index contributed by atoms with van der Waals surface area (Å²) in [5.41, 5.74) is 0.802. The van der Waals surface area contributed by atoms with Crippen molar-refractivity contribution >= 4 is 0 Å². The molecular weight excluding hydrogens is 320 g/mol. The molecule has 0 amide bonds. The lowest BCUT2D eigenvalue weighted by Gasteiger charge is -2.19. The number of aliphatic hydroxyl groups is 1. The first-order chi connectivity index (χ1) is 12.2. The van der Waals surface area contributed by atoms with Gasteiger partial charge in [0.2, 0.25) is 11.7 Å². The van der Waals surface area contributed by atoms with E-state index in [9.17, 15) is 5.11 Å². The van der Waals surface area contributed by atoms with Crippen molar-refractivity contribution in [2.45, 2.75) is 12.6 Å². The van der Waals surface area contributed by atoms with Crippen LogP contribution in [-0.2, 0) is 6.54 Å². The molecule has 2 aromatic heterocycles.